The number of anilines is 1. The molecular weight excluding hydrogens is 294 g/mol. The van der Waals surface area contributed by atoms with Crippen molar-refractivity contribution < 1.29 is 19.1 Å². The van der Waals surface area contributed by atoms with Crippen LogP contribution in [-0.2, 0) is 11.2 Å². The molecular formula is C18H15NO4. The molecule has 2 aromatic carbocycles. The summed E-state index contributed by atoms with van der Waals surface area (Å²) in [6.45, 7) is 0.195. The monoisotopic (exact) mass is 309 g/mol. The van der Waals surface area contributed by atoms with Crippen molar-refractivity contribution in [3.8, 4) is 11.5 Å². The van der Waals surface area contributed by atoms with Gasteiger partial charge in [-0.1, -0.05) is 24.3 Å². The fourth-order valence-electron chi connectivity index (χ4n) is 3.05. The summed E-state index contributed by atoms with van der Waals surface area (Å²) in [6.07, 6.45) is 0.825. The Kier molecular flexibility index (Phi) is 3.26. The van der Waals surface area contributed by atoms with Crippen molar-refractivity contribution in [2.45, 2.75) is 12.8 Å². The Bertz CT molecular complexity index is 799. The van der Waals surface area contributed by atoms with Crippen molar-refractivity contribution in [1.82, 2.24) is 0 Å². The maximum Gasteiger partial charge on any atom is 0.231 e. The topological polar surface area (TPSA) is 64.6 Å². The minimum atomic E-state index is -0.345. The average molecular weight is 309 g/mol. The van der Waals surface area contributed by atoms with Crippen LogP contribution in [0.5, 0.6) is 11.5 Å². The second-order valence-electron chi connectivity index (χ2n) is 5.74. The first-order valence-electron chi connectivity index (χ1n) is 7.52. The van der Waals surface area contributed by atoms with Gasteiger partial charge in [0.15, 0.2) is 17.3 Å². The van der Waals surface area contributed by atoms with E-state index in [0.29, 0.717) is 23.6 Å². The zero-order chi connectivity index (χ0) is 15.8. The molecule has 5 nitrogen and oxygen atoms in total. The van der Waals surface area contributed by atoms with E-state index in [2.05, 4.69) is 5.32 Å². The summed E-state index contributed by atoms with van der Waals surface area (Å²) in [5.41, 5.74) is 2.32. The molecule has 1 unspecified atom stereocenters. The number of ether oxygens (including phenoxy) is 2. The number of ketones is 1. The van der Waals surface area contributed by atoms with Crippen molar-refractivity contribution in [1.29, 1.82) is 0 Å². The summed E-state index contributed by atoms with van der Waals surface area (Å²) in [4.78, 5) is 24.7. The lowest BCUT2D eigenvalue weighted by atomic mass is 9.82. The second-order valence-corrected chi connectivity index (χ2v) is 5.74. The summed E-state index contributed by atoms with van der Waals surface area (Å²) >= 11 is 0. The summed E-state index contributed by atoms with van der Waals surface area (Å²) in [6, 6.07) is 12.7. The number of Topliss-reactive ketones (excluding diaryl/α,β-unsaturated/α-hetero) is 1. The fourth-order valence-corrected chi connectivity index (χ4v) is 3.05. The number of nitrogens with one attached hydrogen (secondary N) is 1. The highest BCUT2D eigenvalue weighted by atomic mass is 16.7. The first kappa shape index (κ1) is 13.8. The molecule has 1 aliphatic heterocycles. The number of amides is 1. The maximum atomic E-state index is 12.5. The zero-order valence-electron chi connectivity index (χ0n) is 12.4. The number of hydrogen-bond acceptors (Lipinski definition) is 4. The van der Waals surface area contributed by atoms with E-state index in [9.17, 15) is 9.59 Å². The third-order valence-corrected chi connectivity index (χ3v) is 4.23. The Morgan fingerprint density at radius 1 is 1.04 bits per heavy atom. The average Bonchev–Trinajstić information content (AvgIpc) is 3.02. The molecule has 1 aliphatic carbocycles. The van der Waals surface area contributed by atoms with Gasteiger partial charge in [-0.05, 0) is 24.1 Å². The van der Waals surface area contributed by atoms with Crippen molar-refractivity contribution in [2.24, 2.45) is 5.92 Å². The number of carbonyl (C=O) groups is 2. The minimum absolute atomic E-state index is 0.0256. The molecule has 1 N–H and O–H groups in total. The lowest BCUT2D eigenvalue weighted by Crippen LogP contribution is -2.30. The van der Waals surface area contributed by atoms with E-state index in [4.69, 9.17) is 9.47 Å². The van der Waals surface area contributed by atoms with Crippen LogP contribution in [-0.4, -0.2) is 18.5 Å². The third kappa shape index (κ3) is 2.54. The molecule has 0 spiro atoms. The second kappa shape index (κ2) is 5.43. The van der Waals surface area contributed by atoms with Crippen LogP contribution in [0.1, 0.15) is 22.3 Å². The molecule has 4 rings (SSSR count). The molecule has 1 amide bonds. The molecule has 0 radical (unpaired) electrons. The van der Waals surface area contributed by atoms with Gasteiger partial charge in [0.25, 0.3) is 0 Å². The lowest BCUT2D eigenvalue weighted by molar-refractivity contribution is -0.119. The van der Waals surface area contributed by atoms with Crippen molar-refractivity contribution >= 4 is 17.4 Å². The van der Waals surface area contributed by atoms with Crippen LogP contribution in [0.2, 0.25) is 0 Å². The zero-order valence-corrected chi connectivity index (χ0v) is 12.4. The highest BCUT2D eigenvalue weighted by molar-refractivity contribution is 6.03. The summed E-state index contributed by atoms with van der Waals surface area (Å²) in [5, 5.41) is 2.87. The van der Waals surface area contributed by atoms with Crippen LogP contribution in [0.3, 0.4) is 0 Å². The molecule has 1 heterocycles. The lowest BCUT2D eigenvalue weighted by Gasteiger charge is -2.22. The van der Waals surface area contributed by atoms with Gasteiger partial charge in [-0.3, -0.25) is 9.59 Å². The van der Waals surface area contributed by atoms with Crippen LogP contribution in [0, 0.1) is 5.92 Å². The number of fused-ring (bicyclic) bond motifs is 2. The fraction of sp³-hybridized carbons (Fsp3) is 0.222. The molecule has 0 saturated heterocycles. The number of rotatable bonds is 2. The van der Waals surface area contributed by atoms with E-state index >= 15 is 0 Å². The Labute approximate surface area is 133 Å². The molecule has 2 aliphatic rings. The number of hydrogen-bond donors (Lipinski definition) is 1. The van der Waals surface area contributed by atoms with Crippen LogP contribution in [0.15, 0.2) is 42.5 Å². The number of benzene rings is 2. The SMILES string of the molecule is O=C1CC(C(=O)Nc2ccc3c(c2)OCO3)Cc2ccccc21. The van der Waals surface area contributed by atoms with E-state index in [-0.39, 0.29) is 30.8 Å². The van der Waals surface area contributed by atoms with Crippen LogP contribution in [0.25, 0.3) is 0 Å². The van der Waals surface area contributed by atoms with Crippen LogP contribution in [0.4, 0.5) is 5.69 Å². The van der Waals surface area contributed by atoms with Gasteiger partial charge in [0, 0.05) is 29.7 Å². The van der Waals surface area contributed by atoms with Crippen LogP contribution < -0.4 is 14.8 Å². The smallest absolute Gasteiger partial charge is 0.231 e. The summed E-state index contributed by atoms with van der Waals surface area (Å²) in [7, 11) is 0. The van der Waals surface area contributed by atoms with E-state index < -0.39 is 0 Å². The third-order valence-electron chi connectivity index (χ3n) is 4.23. The largest absolute Gasteiger partial charge is 0.454 e. The van der Waals surface area contributed by atoms with Gasteiger partial charge in [0.05, 0.1) is 0 Å². The molecule has 0 fully saturated rings. The molecule has 5 heteroatoms. The van der Waals surface area contributed by atoms with E-state index in [1.165, 1.54) is 0 Å². The van der Waals surface area contributed by atoms with Crippen molar-refractivity contribution in [3.05, 3.63) is 53.6 Å². The Balaban J connectivity index is 1.51. The van der Waals surface area contributed by atoms with Gasteiger partial charge in [-0.15, -0.1) is 0 Å². The standard InChI is InChI=1S/C18H15NO4/c20-15-8-12(7-11-3-1-2-4-14(11)15)18(21)19-13-5-6-16-17(9-13)23-10-22-16/h1-6,9,12H,7-8,10H2,(H,19,21). The van der Waals surface area contributed by atoms with Gasteiger partial charge in [0.2, 0.25) is 12.7 Å². The highest BCUT2D eigenvalue weighted by Crippen LogP contribution is 2.34. The van der Waals surface area contributed by atoms with E-state index in [0.717, 1.165) is 11.1 Å². The van der Waals surface area contributed by atoms with Crippen molar-refractivity contribution in [3.63, 3.8) is 0 Å². The Hall–Kier alpha value is -2.82. The van der Waals surface area contributed by atoms with E-state index in [1.54, 1.807) is 18.2 Å². The van der Waals surface area contributed by atoms with E-state index in [1.807, 2.05) is 24.3 Å². The molecule has 116 valence electrons. The summed E-state index contributed by atoms with van der Waals surface area (Å²) < 4.78 is 10.6. The molecule has 0 aromatic heterocycles. The molecule has 23 heavy (non-hydrogen) atoms. The predicted octanol–water partition coefficient (Wildman–Crippen LogP) is 2.80. The van der Waals surface area contributed by atoms with Gasteiger partial charge < -0.3 is 14.8 Å². The Morgan fingerprint density at radius 3 is 2.78 bits per heavy atom. The summed E-state index contributed by atoms with van der Waals surface area (Å²) in [5.74, 6) is 0.824. The molecule has 2 aromatic rings. The van der Waals surface area contributed by atoms with Crippen molar-refractivity contribution in [2.75, 3.05) is 12.1 Å². The van der Waals surface area contributed by atoms with Gasteiger partial charge in [-0.2, -0.15) is 0 Å². The molecule has 0 saturated carbocycles. The quantitative estimate of drug-likeness (QED) is 0.926. The molecule has 1 atom stereocenters. The van der Waals surface area contributed by atoms with Gasteiger partial charge in [0.1, 0.15) is 0 Å². The van der Waals surface area contributed by atoms with Crippen LogP contribution >= 0.6 is 0 Å². The maximum absolute atomic E-state index is 12.5. The normalized spacial score (nSPS) is 18.4. The number of carbonyl (C=O) groups excluding carboxylic acids is 2. The first-order chi connectivity index (χ1) is 11.2. The van der Waals surface area contributed by atoms with Gasteiger partial charge in [-0.25, -0.2) is 0 Å². The Morgan fingerprint density at radius 2 is 1.87 bits per heavy atom. The highest BCUT2D eigenvalue weighted by Gasteiger charge is 2.29. The minimum Gasteiger partial charge on any atom is -0.454 e. The molecule has 0 bridgehead atoms. The predicted molar refractivity (Wildman–Crippen MR) is 83.8 cm³/mol. The van der Waals surface area contributed by atoms with Gasteiger partial charge >= 0.3 is 0 Å². The first-order valence-corrected chi connectivity index (χ1v) is 7.52.